The molecule has 0 aromatic heterocycles. The molecule has 3 aliphatic rings. The standard InChI is InChI=1S/C13H18N2O4/c16-10-6-5-9(11(17)14-10)15-12(18)7-3-1-2-4-8(7)13(15)19/h7-10,16H,1-6H2,(H,14,17)/t7-,8+,9?,10?. The number of fused-ring (bicyclic) bond motifs is 1. The second kappa shape index (κ2) is 4.59. The van der Waals surface area contributed by atoms with Gasteiger partial charge in [-0.05, 0) is 25.7 Å². The molecule has 2 saturated heterocycles. The number of imide groups is 1. The lowest BCUT2D eigenvalue weighted by molar-refractivity contribution is -0.151. The highest BCUT2D eigenvalue weighted by Crippen LogP contribution is 2.39. The van der Waals surface area contributed by atoms with Crippen molar-refractivity contribution in [2.75, 3.05) is 0 Å². The van der Waals surface area contributed by atoms with Gasteiger partial charge in [-0.1, -0.05) is 12.8 Å². The van der Waals surface area contributed by atoms with Gasteiger partial charge < -0.3 is 10.4 Å². The number of carbonyl (C=O) groups excluding carboxylic acids is 3. The van der Waals surface area contributed by atoms with E-state index in [1.165, 1.54) is 4.90 Å². The highest BCUT2D eigenvalue weighted by atomic mass is 16.3. The molecule has 0 aromatic carbocycles. The molecule has 4 atom stereocenters. The minimum atomic E-state index is -0.862. The molecule has 0 bridgehead atoms. The van der Waals surface area contributed by atoms with Crippen LogP contribution in [0, 0.1) is 11.8 Å². The smallest absolute Gasteiger partial charge is 0.245 e. The van der Waals surface area contributed by atoms with E-state index in [0.29, 0.717) is 12.8 Å². The summed E-state index contributed by atoms with van der Waals surface area (Å²) in [5, 5.41) is 11.8. The van der Waals surface area contributed by atoms with E-state index in [1.54, 1.807) is 0 Å². The minimum Gasteiger partial charge on any atom is -0.374 e. The quantitative estimate of drug-likeness (QED) is 0.641. The Kier molecular flexibility index (Phi) is 3.05. The monoisotopic (exact) mass is 266 g/mol. The Morgan fingerprint density at radius 2 is 1.53 bits per heavy atom. The molecule has 1 aliphatic carbocycles. The number of piperidine rings is 1. The molecule has 2 unspecified atom stereocenters. The van der Waals surface area contributed by atoms with Crippen LogP contribution >= 0.6 is 0 Å². The van der Waals surface area contributed by atoms with E-state index >= 15 is 0 Å². The van der Waals surface area contributed by atoms with Crippen LogP contribution in [0.2, 0.25) is 0 Å². The Balaban J connectivity index is 1.82. The predicted octanol–water partition coefficient (Wildman–Crippen LogP) is -0.241. The highest BCUT2D eigenvalue weighted by molar-refractivity contribution is 6.08. The summed E-state index contributed by atoms with van der Waals surface area (Å²) in [6, 6.07) is -0.728. The second-order valence-corrected chi connectivity index (χ2v) is 5.66. The number of nitrogens with one attached hydrogen (secondary N) is 1. The van der Waals surface area contributed by atoms with Crippen LogP contribution in [0.25, 0.3) is 0 Å². The second-order valence-electron chi connectivity index (χ2n) is 5.66. The number of aliphatic hydroxyl groups excluding tert-OH is 1. The molecule has 2 heterocycles. The van der Waals surface area contributed by atoms with Gasteiger partial charge in [-0.25, -0.2) is 0 Å². The molecule has 3 amide bonds. The molecule has 2 N–H and O–H groups in total. The molecular weight excluding hydrogens is 248 g/mol. The van der Waals surface area contributed by atoms with Gasteiger partial charge in [0.15, 0.2) is 0 Å². The first-order valence-electron chi connectivity index (χ1n) is 6.95. The molecule has 3 rings (SSSR count). The number of amides is 3. The highest BCUT2D eigenvalue weighted by Gasteiger charge is 2.52. The lowest BCUT2D eigenvalue weighted by Crippen LogP contribution is -2.55. The molecule has 0 radical (unpaired) electrons. The summed E-state index contributed by atoms with van der Waals surface area (Å²) in [7, 11) is 0. The molecule has 6 nitrogen and oxygen atoms in total. The summed E-state index contributed by atoms with van der Waals surface area (Å²) >= 11 is 0. The maximum atomic E-state index is 12.3. The maximum absolute atomic E-state index is 12.3. The van der Waals surface area contributed by atoms with Gasteiger partial charge in [-0.15, -0.1) is 0 Å². The van der Waals surface area contributed by atoms with Gasteiger partial charge in [0.25, 0.3) is 0 Å². The summed E-state index contributed by atoms with van der Waals surface area (Å²) in [4.78, 5) is 37.7. The van der Waals surface area contributed by atoms with Crippen LogP contribution in [0.1, 0.15) is 38.5 Å². The normalized spacial score (nSPS) is 39.2. The van der Waals surface area contributed by atoms with E-state index in [0.717, 1.165) is 25.7 Å². The summed E-state index contributed by atoms with van der Waals surface area (Å²) in [6.45, 7) is 0. The number of carbonyl (C=O) groups is 3. The number of hydrogen-bond acceptors (Lipinski definition) is 4. The third-order valence-electron chi connectivity index (χ3n) is 4.51. The number of aliphatic hydroxyl groups is 1. The van der Waals surface area contributed by atoms with E-state index in [4.69, 9.17) is 0 Å². The molecule has 0 aromatic rings. The maximum Gasteiger partial charge on any atom is 0.245 e. The number of nitrogens with zero attached hydrogens (tertiary/aromatic N) is 1. The van der Waals surface area contributed by atoms with Crippen molar-refractivity contribution in [1.29, 1.82) is 0 Å². The first-order valence-corrected chi connectivity index (χ1v) is 6.95. The Hall–Kier alpha value is -1.43. The van der Waals surface area contributed by atoms with Gasteiger partial charge in [0.05, 0.1) is 11.8 Å². The summed E-state index contributed by atoms with van der Waals surface area (Å²) in [5.41, 5.74) is 0. The zero-order valence-corrected chi connectivity index (χ0v) is 10.7. The summed E-state index contributed by atoms with van der Waals surface area (Å²) in [6.07, 6.45) is 3.32. The largest absolute Gasteiger partial charge is 0.374 e. The van der Waals surface area contributed by atoms with Gasteiger partial charge in [0.2, 0.25) is 17.7 Å². The van der Waals surface area contributed by atoms with Crippen molar-refractivity contribution in [3.8, 4) is 0 Å². The van der Waals surface area contributed by atoms with Crippen molar-refractivity contribution < 1.29 is 19.5 Å². The van der Waals surface area contributed by atoms with Gasteiger partial charge in [-0.2, -0.15) is 0 Å². The van der Waals surface area contributed by atoms with Crippen molar-refractivity contribution in [3.63, 3.8) is 0 Å². The number of likely N-dealkylation sites (tertiary alicyclic amines) is 1. The van der Waals surface area contributed by atoms with Crippen molar-refractivity contribution in [2.45, 2.75) is 50.8 Å². The van der Waals surface area contributed by atoms with Crippen LogP contribution in [0.3, 0.4) is 0 Å². The predicted molar refractivity (Wildman–Crippen MR) is 64.5 cm³/mol. The van der Waals surface area contributed by atoms with Gasteiger partial charge in [0, 0.05) is 0 Å². The Bertz CT molecular complexity index is 412. The van der Waals surface area contributed by atoms with Crippen molar-refractivity contribution in [1.82, 2.24) is 10.2 Å². The van der Waals surface area contributed by atoms with Crippen LogP contribution < -0.4 is 5.32 Å². The Morgan fingerprint density at radius 3 is 2.05 bits per heavy atom. The van der Waals surface area contributed by atoms with Gasteiger partial charge in [0.1, 0.15) is 12.3 Å². The number of rotatable bonds is 1. The van der Waals surface area contributed by atoms with E-state index in [2.05, 4.69) is 5.32 Å². The van der Waals surface area contributed by atoms with Crippen LogP contribution in [0.15, 0.2) is 0 Å². The number of hydrogen-bond donors (Lipinski definition) is 2. The molecule has 0 spiro atoms. The fourth-order valence-electron chi connectivity index (χ4n) is 3.52. The van der Waals surface area contributed by atoms with Crippen LogP contribution in [0.5, 0.6) is 0 Å². The van der Waals surface area contributed by atoms with Crippen LogP contribution in [-0.4, -0.2) is 40.0 Å². The topological polar surface area (TPSA) is 86.7 Å². The van der Waals surface area contributed by atoms with Gasteiger partial charge >= 0.3 is 0 Å². The fraction of sp³-hybridized carbons (Fsp3) is 0.769. The van der Waals surface area contributed by atoms with Crippen molar-refractivity contribution in [3.05, 3.63) is 0 Å². The third kappa shape index (κ3) is 1.94. The fourth-order valence-corrected chi connectivity index (χ4v) is 3.52. The SMILES string of the molecule is O=C1NC(O)CCC1N1C(=O)[C@H]2CCCC[C@H]2C1=O. The molecule has 6 heteroatoms. The molecule has 3 fully saturated rings. The summed E-state index contributed by atoms with van der Waals surface area (Å²) < 4.78 is 0. The van der Waals surface area contributed by atoms with E-state index in [1.807, 2.05) is 0 Å². The van der Waals surface area contributed by atoms with Crippen molar-refractivity contribution >= 4 is 17.7 Å². The Morgan fingerprint density at radius 1 is 0.947 bits per heavy atom. The van der Waals surface area contributed by atoms with Crippen molar-refractivity contribution in [2.24, 2.45) is 11.8 Å². The van der Waals surface area contributed by atoms with E-state index < -0.39 is 18.2 Å². The third-order valence-corrected chi connectivity index (χ3v) is 4.51. The molecule has 2 aliphatic heterocycles. The van der Waals surface area contributed by atoms with E-state index in [9.17, 15) is 19.5 Å². The van der Waals surface area contributed by atoms with Crippen LogP contribution in [-0.2, 0) is 14.4 Å². The summed E-state index contributed by atoms with van der Waals surface area (Å²) in [5.74, 6) is -1.24. The van der Waals surface area contributed by atoms with Crippen LogP contribution in [0.4, 0.5) is 0 Å². The molecule has 19 heavy (non-hydrogen) atoms. The molecular formula is C13H18N2O4. The average Bonchev–Trinajstić information content (AvgIpc) is 2.64. The average molecular weight is 266 g/mol. The zero-order valence-electron chi connectivity index (χ0n) is 10.7. The lowest BCUT2D eigenvalue weighted by atomic mass is 9.81. The Labute approximate surface area is 111 Å². The zero-order chi connectivity index (χ0) is 13.6. The first kappa shape index (κ1) is 12.6. The molecule has 104 valence electrons. The first-order chi connectivity index (χ1) is 9.09. The molecule has 1 saturated carbocycles. The lowest BCUT2D eigenvalue weighted by Gasteiger charge is -2.31. The van der Waals surface area contributed by atoms with Gasteiger partial charge in [-0.3, -0.25) is 19.3 Å². The van der Waals surface area contributed by atoms with E-state index in [-0.39, 0.29) is 23.7 Å². The minimum absolute atomic E-state index is 0.189.